The maximum Gasteiger partial charge on any atom is 0.490 e. The van der Waals surface area contributed by atoms with Crippen LogP contribution in [0.3, 0.4) is 0 Å². The summed E-state index contributed by atoms with van der Waals surface area (Å²) in [6.45, 7) is 5.39. The van der Waals surface area contributed by atoms with Crippen LogP contribution in [0.5, 0.6) is 0 Å². The van der Waals surface area contributed by atoms with Gasteiger partial charge >= 0.3 is 12.1 Å². The van der Waals surface area contributed by atoms with E-state index in [0.717, 1.165) is 36.9 Å². The Kier molecular flexibility index (Phi) is 5.55. The third-order valence-corrected chi connectivity index (χ3v) is 3.52. The van der Waals surface area contributed by atoms with Gasteiger partial charge in [-0.15, -0.1) is 0 Å². The Morgan fingerprint density at radius 2 is 2.08 bits per heavy atom. The van der Waals surface area contributed by atoms with Gasteiger partial charge in [0.25, 0.3) is 0 Å². The summed E-state index contributed by atoms with van der Waals surface area (Å²) in [5, 5.41) is 10.4. The van der Waals surface area contributed by atoms with Gasteiger partial charge in [-0.3, -0.25) is 4.98 Å². The number of imidazole rings is 1. The maximum atomic E-state index is 10.6. The molecule has 0 spiro atoms. The molecule has 2 aromatic rings. The SMILES string of the molecule is Cc1cnc(-c2cccnc2)n1CC1CNC1.O=C(O)C(F)(F)F. The summed E-state index contributed by atoms with van der Waals surface area (Å²) in [6.07, 6.45) is 0.519. The van der Waals surface area contributed by atoms with Crippen LogP contribution in [-0.2, 0) is 11.3 Å². The summed E-state index contributed by atoms with van der Waals surface area (Å²) < 4.78 is 34.0. The minimum Gasteiger partial charge on any atom is -0.475 e. The van der Waals surface area contributed by atoms with E-state index in [4.69, 9.17) is 9.90 Å². The summed E-state index contributed by atoms with van der Waals surface area (Å²) >= 11 is 0. The Labute approximate surface area is 136 Å². The number of hydrogen-bond donors (Lipinski definition) is 2. The summed E-state index contributed by atoms with van der Waals surface area (Å²) in [4.78, 5) is 17.6. The summed E-state index contributed by atoms with van der Waals surface area (Å²) in [5.74, 6) is -0.992. The third-order valence-electron chi connectivity index (χ3n) is 3.52. The number of aromatic nitrogens is 3. The second-order valence-electron chi connectivity index (χ2n) is 5.40. The first-order valence-corrected chi connectivity index (χ1v) is 7.22. The van der Waals surface area contributed by atoms with Crippen LogP contribution in [0.15, 0.2) is 30.7 Å². The number of rotatable bonds is 3. The van der Waals surface area contributed by atoms with Gasteiger partial charge in [0.15, 0.2) is 0 Å². The van der Waals surface area contributed by atoms with E-state index in [0.29, 0.717) is 0 Å². The first-order valence-electron chi connectivity index (χ1n) is 7.22. The number of carboxylic acids is 1. The lowest BCUT2D eigenvalue weighted by atomic mass is 10.0. The normalized spacial score (nSPS) is 14.5. The highest BCUT2D eigenvalue weighted by molar-refractivity contribution is 5.73. The van der Waals surface area contributed by atoms with Crippen LogP contribution in [0.4, 0.5) is 13.2 Å². The molecule has 1 aliphatic rings. The first kappa shape index (κ1) is 17.9. The topological polar surface area (TPSA) is 80.0 Å². The molecule has 0 unspecified atom stereocenters. The van der Waals surface area contributed by atoms with E-state index < -0.39 is 12.1 Å². The lowest BCUT2D eigenvalue weighted by Crippen LogP contribution is -2.44. The Morgan fingerprint density at radius 3 is 2.54 bits per heavy atom. The van der Waals surface area contributed by atoms with Crippen LogP contribution in [0.2, 0.25) is 0 Å². The fourth-order valence-corrected chi connectivity index (χ4v) is 2.15. The van der Waals surface area contributed by atoms with E-state index in [2.05, 4.69) is 32.8 Å². The van der Waals surface area contributed by atoms with Crippen LogP contribution in [0, 0.1) is 12.8 Å². The van der Waals surface area contributed by atoms with E-state index in [9.17, 15) is 13.2 Å². The molecule has 2 N–H and O–H groups in total. The Bertz CT molecular complexity index is 682. The van der Waals surface area contributed by atoms with Crippen molar-refractivity contribution < 1.29 is 23.1 Å². The van der Waals surface area contributed by atoms with E-state index in [1.165, 1.54) is 5.69 Å². The third kappa shape index (κ3) is 4.54. The molecule has 1 saturated heterocycles. The molecule has 3 heterocycles. The summed E-state index contributed by atoms with van der Waals surface area (Å²) in [7, 11) is 0. The van der Waals surface area contributed by atoms with Gasteiger partial charge in [0.1, 0.15) is 5.82 Å². The molecule has 24 heavy (non-hydrogen) atoms. The molecular formula is C15H17F3N4O2. The van der Waals surface area contributed by atoms with Crippen molar-refractivity contribution in [3.8, 4) is 11.4 Å². The molecule has 0 aliphatic carbocycles. The van der Waals surface area contributed by atoms with E-state index in [1.54, 1.807) is 6.20 Å². The fraction of sp³-hybridized carbons (Fsp3) is 0.400. The molecule has 2 aromatic heterocycles. The predicted octanol–water partition coefficient (Wildman–Crippen LogP) is 2.11. The average molecular weight is 342 g/mol. The van der Waals surface area contributed by atoms with Gasteiger partial charge in [0.2, 0.25) is 0 Å². The second-order valence-corrected chi connectivity index (χ2v) is 5.40. The zero-order chi connectivity index (χ0) is 17.7. The highest BCUT2D eigenvalue weighted by Gasteiger charge is 2.38. The molecule has 9 heteroatoms. The molecule has 0 atom stereocenters. The van der Waals surface area contributed by atoms with Crippen LogP contribution in [-0.4, -0.2) is 44.9 Å². The van der Waals surface area contributed by atoms with Gasteiger partial charge in [-0.2, -0.15) is 13.2 Å². The van der Waals surface area contributed by atoms with Gasteiger partial charge in [-0.1, -0.05) is 0 Å². The van der Waals surface area contributed by atoms with Crippen molar-refractivity contribution in [1.29, 1.82) is 0 Å². The van der Waals surface area contributed by atoms with Crippen LogP contribution >= 0.6 is 0 Å². The molecule has 130 valence electrons. The second kappa shape index (κ2) is 7.43. The van der Waals surface area contributed by atoms with Gasteiger partial charge in [-0.05, 0) is 19.1 Å². The number of pyridine rings is 1. The lowest BCUT2D eigenvalue weighted by Gasteiger charge is -2.28. The van der Waals surface area contributed by atoms with Crippen molar-refractivity contribution in [3.05, 3.63) is 36.4 Å². The minimum atomic E-state index is -5.08. The smallest absolute Gasteiger partial charge is 0.475 e. The standard InChI is InChI=1S/C13H16N4.C2HF3O2/c1-10-5-16-13(12-3-2-4-14-8-12)17(10)9-11-6-15-7-11;3-2(4,5)1(6)7/h2-5,8,11,15H,6-7,9H2,1H3;(H,6,7). The molecule has 1 aliphatic heterocycles. The zero-order valence-electron chi connectivity index (χ0n) is 12.9. The van der Waals surface area contributed by atoms with Crippen molar-refractivity contribution in [2.45, 2.75) is 19.6 Å². The Balaban J connectivity index is 0.000000256. The maximum absolute atomic E-state index is 10.6. The fourth-order valence-electron chi connectivity index (χ4n) is 2.15. The van der Waals surface area contributed by atoms with Crippen molar-refractivity contribution >= 4 is 5.97 Å². The van der Waals surface area contributed by atoms with Crippen LogP contribution in [0.1, 0.15) is 5.69 Å². The van der Waals surface area contributed by atoms with E-state index >= 15 is 0 Å². The van der Waals surface area contributed by atoms with Crippen LogP contribution in [0.25, 0.3) is 11.4 Å². The molecule has 0 amide bonds. The van der Waals surface area contributed by atoms with E-state index in [1.807, 2.05) is 18.5 Å². The van der Waals surface area contributed by atoms with Crippen molar-refractivity contribution in [3.63, 3.8) is 0 Å². The van der Waals surface area contributed by atoms with Crippen molar-refractivity contribution in [2.24, 2.45) is 5.92 Å². The highest BCUT2D eigenvalue weighted by Crippen LogP contribution is 2.20. The average Bonchev–Trinajstić information content (AvgIpc) is 2.84. The number of halogens is 3. The minimum absolute atomic E-state index is 0.735. The van der Waals surface area contributed by atoms with Gasteiger partial charge in [0.05, 0.1) is 0 Å². The molecule has 6 nitrogen and oxygen atoms in total. The lowest BCUT2D eigenvalue weighted by molar-refractivity contribution is -0.192. The number of nitrogens with zero attached hydrogens (tertiary/aromatic N) is 3. The van der Waals surface area contributed by atoms with Gasteiger partial charge < -0.3 is 15.0 Å². The largest absolute Gasteiger partial charge is 0.490 e. The van der Waals surface area contributed by atoms with Crippen LogP contribution < -0.4 is 5.32 Å². The van der Waals surface area contributed by atoms with Crippen molar-refractivity contribution in [1.82, 2.24) is 19.9 Å². The monoisotopic (exact) mass is 342 g/mol. The molecule has 0 aromatic carbocycles. The number of carbonyl (C=O) groups is 1. The molecule has 1 fully saturated rings. The van der Waals surface area contributed by atoms with Crippen molar-refractivity contribution in [2.75, 3.05) is 13.1 Å². The number of aryl methyl sites for hydroxylation is 1. The summed E-state index contributed by atoms with van der Waals surface area (Å²) in [5.41, 5.74) is 2.31. The van der Waals surface area contributed by atoms with Gasteiger partial charge in [-0.25, -0.2) is 9.78 Å². The highest BCUT2D eigenvalue weighted by atomic mass is 19.4. The number of aliphatic carboxylic acids is 1. The molecular weight excluding hydrogens is 325 g/mol. The first-order chi connectivity index (χ1) is 11.3. The van der Waals surface area contributed by atoms with Gasteiger partial charge in [0, 0.05) is 55.4 Å². The number of hydrogen-bond acceptors (Lipinski definition) is 4. The zero-order valence-corrected chi connectivity index (χ0v) is 12.9. The number of alkyl halides is 3. The number of nitrogens with one attached hydrogen (secondary N) is 1. The Hall–Kier alpha value is -2.42. The van der Waals surface area contributed by atoms with E-state index in [-0.39, 0.29) is 0 Å². The number of carboxylic acid groups (broad SMARTS) is 1. The predicted molar refractivity (Wildman–Crippen MR) is 80.2 cm³/mol. The quantitative estimate of drug-likeness (QED) is 0.893. The molecule has 3 rings (SSSR count). The Morgan fingerprint density at radius 1 is 1.42 bits per heavy atom. The summed E-state index contributed by atoms with van der Waals surface area (Å²) in [6, 6.07) is 4.01. The molecule has 0 saturated carbocycles. The molecule has 0 radical (unpaired) electrons. The molecule has 0 bridgehead atoms.